The van der Waals surface area contributed by atoms with E-state index in [1.165, 1.54) is 283 Å². The summed E-state index contributed by atoms with van der Waals surface area (Å²) in [6, 6.07) is -0.630. The first-order chi connectivity index (χ1) is 33.5. The summed E-state index contributed by atoms with van der Waals surface area (Å²) in [5.74, 6) is -0.0585. The quantitative estimate of drug-likeness (QED) is 0.0321. The summed E-state index contributed by atoms with van der Waals surface area (Å²) >= 11 is 0. The number of rotatable bonds is 58. The van der Waals surface area contributed by atoms with Crippen LogP contribution >= 0.6 is 0 Å². The summed E-state index contributed by atoms with van der Waals surface area (Å²) in [5, 5.41) is 23.2. The molecule has 0 aliphatic carbocycles. The number of esters is 1. The zero-order valence-corrected chi connectivity index (χ0v) is 46.1. The van der Waals surface area contributed by atoms with Crippen molar-refractivity contribution in [3.05, 3.63) is 12.2 Å². The molecule has 2 unspecified atom stereocenters. The molecule has 0 aromatic carbocycles. The van der Waals surface area contributed by atoms with Crippen molar-refractivity contribution in [2.75, 3.05) is 13.2 Å². The maximum atomic E-state index is 12.5. The second-order valence-corrected chi connectivity index (χ2v) is 21.4. The molecule has 68 heavy (non-hydrogen) atoms. The Bertz CT molecular complexity index is 1020. The van der Waals surface area contributed by atoms with Crippen LogP contribution in [0, 0.1) is 0 Å². The van der Waals surface area contributed by atoms with E-state index in [0.29, 0.717) is 19.4 Å². The van der Waals surface area contributed by atoms with E-state index >= 15 is 0 Å². The van der Waals surface area contributed by atoms with Gasteiger partial charge in [0.25, 0.3) is 0 Å². The Morgan fingerprint density at radius 2 is 0.676 bits per heavy atom. The normalized spacial score (nSPS) is 12.6. The van der Waals surface area contributed by atoms with Gasteiger partial charge in [0, 0.05) is 12.8 Å². The minimum atomic E-state index is -0.847. The summed E-state index contributed by atoms with van der Waals surface area (Å²) in [5.41, 5.74) is 0. The molecule has 0 saturated carbocycles. The van der Waals surface area contributed by atoms with Crippen LogP contribution in [0.1, 0.15) is 348 Å². The van der Waals surface area contributed by atoms with Gasteiger partial charge >= 0.3 is 5.97 Å². The maximum absolute atomic E-state index is 12.5. The van der Waals surface area contributed by atoms with Crippen LogP contribution in [-0.2, 0) is 14.3 Å². The van der Waals surface area contributed by atoms with Crippen molar-refractivity contribution in [3.63, 3.8) is 0 Å². The van der Waals surface area contributed by atoms with E-state index < -0.39 is 12.1 Å². The summed E-state index contributed by atoms with van der Waals surface area (Å²) in [6.07, 6.45) is 69.6. The van der Waals surface area contributed by atoms with Crippen LogP contribution in [0.3, 0.4) is 0 Å². The molecule has 0 saturated heterocycles. The van der Waals surface area contributed by atoms with Crippen LogP contribution < -0.4 is 5.32 Å². The molecule has 0 aliphatic rings. The van der Waals surface area contributed by atoms with Gasteiger partial charge in [0.2, 0.25) is 5.91 Å². The first-order valence-corrected chi connectivity index (χ1v) is 31.0. The van der Waals surface area contributed by atoms with E-state index in [4.69, 9.17) is 4.74 Å². The van der Waals surface area contributed by atoms with Gasteiger partial charge in [-0.3, -0.25) is 9.59 Å². The van der Waals surface area contributed by atoms with Crippen molar-refractivity contribution in [1.82, 2.24) is 5.32 Å². The number of unbranched alkanes of at least 4 members (excludes halogenated alkanes) is 47. The second kappa shape index (κ2) is 58.2. The highest BCUT2D eigenvalue weighted by Crippen LogP contribution is 2.18. The molecule has 2 atom stereocenters. The topological polar surface area (TPSA) is 95.9 Å². The molecule has 0 aliphatic heterocycles. The van der Waals surface area contributed by atoms with Crippen molar-refractivity contribution < 1.29 is 24.5 Å². The number of hydrogen-bond donors (Lipinski definition) is 3. The van der Waals surface area contributed by atoms with E-state index in [2.05, 4.69) is 19.2 Å². The molecule has 0 aromatic heterocycles. The third-order valence-corrected chi connectivity index (χ3v) is 14.6. The van der Waals surface area contributed by atoms with Gasteiger partial charge in [0.05, 0.1) is 25.4 Å². The van der Waals surface area contributed by atoms with Crippen LogP contribution in [0.2, 0.25) is 0 Å². The number of nitrogens with one attached hydrogen (secondary N) is 1. The molecule has 0 fully saturated rings. The summed E-state index contributed by atoms with van der Waals surface area (Å²) in [7, 11) is 0. The van der Waals surface area contributed by atoms with E-state index in [1.807, 2.05) is 6.08 Å². The molecule has 3 N–H and O–H groups in total. The van der Waals surface area contributed by atoms with Crippen LogP contribution in [0.5, 0.6) is 0 Å². The van der Waals surface area contributed by atoms with E-state index in [1.54, 1.807) is 6.08 Å². The Morgan fingerprint density at radius 3 is 1.00 bits per heavy atom. The summed E-state index contributed by atoms with van der Waals surface area (Å²) < 4.78 is 5.49. The highest BCUT2D eigenvalue weighted by atomic mass is 16.5. The van der Waals surface area contributed by atoms with Crippen LogP contribution in [-0.4, -0.2) is 47.4 Å². The van der Waals surface area contributed by atoms with Crippen molar-refractivity contribution >= 4 is 11.9 Å². The standard InChI is InChI=1S/C62H121NO5/c1-3-5-7-9-11-13-15-17-19-20-23-27-30-34-38-42-46-50-54-60(65)59(58-64)63-61(66)55-51-47-43-39-35-31-28-24-21-22-25-29-33-37-41-45-49-53-57-68-62(67)56-52-48-44-40-36-32-26-18-16-14-12-10-8-6-4-2/h50,54,59-60,64-65H,3-49,51-53,55-58H2,1-2H3,(H,63,66)/b54-50+. The molecule has 0 heterocycles. The van der Waals surface area contributed by atoms with Gasteiger partial charge in [-0.25, -0.2) is 0 Å². The van der Waals surface area contributed by atoms with Gasteiger partial charge < -0.3 is 20.3 Å². The van der Waals surface area contributed by atoms with Crippen LogP contribution in [0.15, 0.2) is 12.2 Å². The molecular weight excluding hydrogens is 839 g/mol. The highest BCUT2D eigenvalue weighted by Gasteiger charge is 2.18. The van der Waals surface area contributed by atoms with Gasteiger partial charge in [-0.15, -0.1) is 0 Å². The van der Waals surface area contributed by atoms with Crippen molar-refractivity contribution in [2.24, 2.45) is 0 Å². The Balaban J connectivity index is 3.42. The summed E-state index contributed by atoms with van der Waals surface area (Å²) in [6.45, 7) is 4.93. The van der Waals surface area contributed by atoms with E-state index in [9.17, 15) is 19.8 Å². The van der Waals surface area contributed by atoms with Crippen molar-refractivity contribution in [1.29, 1.82) is 0 Å². The molecule has 6 nitrogen and oxygen atoms in total. The molecule has 0 spiro atoms. The third-order valence-electron chi connectivity index (χ3n) is 14.6. The Kier molecular flexibility index (Phi) is 57.0. The molecular formula is C62H121NO5. The summed E-state index contributed by atoms with van der Waals surface area (Å²) in [4.78, 5) is 24.5. The van der Waals surface area contributed by atoms with Crippen molar-refractivity contribution in [3.8, 4) is 0 Å². The number of allylic oxidation sites excluding steroid dienone is 1. The van der Waals surface area contributed by atoms with Gasteiger partial charge in [0.15, 0.2) is 0 Å². The fourth-order valence-corrected chi connectivity index (χ4v) is 9.81. The average molecular weight is 961 g/mol. The zero-order chi connectivity index (χ0) is 49.3. The number of aliphatic hydroxyl groups is 2. The zero-order valence-electron chi connectivity index (χ0n) is 46.1. The monoisotopic (exact) mass is 960 g/mol. The fourth-order valence-electron chi connectivity index (χ4n) is 9.81. The minimum absolute atomic E-state index is 0.0102. The first-order valence-electron chi connectivity index (χ1n) is 31.0. The lowest BCUT2D eigenvalue weighted by molar-refractivity contribution is -0.143. The first kappa shape index (κ1) is 66.6. The van der Waals surface area contributed by atoms with Crippen molar-refractivity contribution in [2.45, 2.75) is 360 Å². The third kappa shape index (κ3) is 53.9. The lowest BCUT2D eigenvalue weighted by Crippen LogP contribution is -2.45. The Hall–Kier alpha value is -1.40. The Labute approximate surface area is 425 Å². The fraction of sp³-hybridized carbons (Fsp3) is 0.935. The molecule has 404 valence electrons. The van der Waals surface area contributed by atoms with Gasteiger partial charge in [-0.05, 0) is 32.1 Å². The number of carbonyl (C=O) groups excluding carboxylic acids is 2. The molecule has 0 radical (unpaired) electrons. The Morgan fingerprint density at radius 1 is 0.397 bits per heavy atom. The van der Waals surface area contributed by atoms with E-state index in [-0.39, 0.29) is 18.5 Å². The van der Waals surface area contributed by atoms with Crippen LogP contribution in [0.25, 0.3) is 0 Å². The van der Waals surface area contributed by atoms with Crippen LogP contribution in [0.4, 0.5) is 0 Å². The maximum Gasteiger partial charge on any atom is 0.305 e. The molecule has 0 bridgehead atoms. The number of hydrogen-bond acceptors (Lipinski definition) is 5. The number of aliphatic hydroxyl groups excluding tert-OH is 2. The number of amides is 1. The lowest BCUT2D eigenvalue weighted by Gasteiger charge is -2.20. The lowest BCUT2D eigenvalue weighted by atomic mass is 10.0. The second-order valence-electron chi connectivity index (χ2n) is 21.4. The molecule has 0 aromatic rings. The van der Waals surface area contributed by atoms with E-state index in [0.717, 1.165) is 38.5 Å². The van der Waals surface area contributed by atoms with Gasteiger partial charge in [-0.1, -0.05) is 315 Å². The predicted octanol–water partition coefficient (Wildman–Crippen LogP) is 19.2. The predicted molar refractivity (Wildman–Crippen MR) is 297 cm³/mol. The van der Waals surface area contributed by atoms with Gasteiger partial charge in [0.1, 0.15) is 0 Å². The average Bonchev–Trinajstić information content (AvgIpc) is 3.34. The smallest absolute Gasteiger partial charge is 0.305 e. The highest BCUT2D eigenvalue weighted by molar-refractivity contribution is 5.76. The number of ether oxygens (including phenoxy) is 1. The molecule has 1 amide bonds. The van der Waals surface area contributed by atoms with Gasteiger partial charge in [-0.2, -0.15) is 0 Å². The SMILES string of the molecule is CCCCCCCCCCCCCCCCCC/C=C/C(O)C(CO)NC(=O)CCCCCCCCCCCCCCCCCCCCOC(=O)CCCCCCCCCCCCCCCCC. The molecule has 6 heteroatoms. The molecule has 0 rings (SSSR count). The largest absolute Gasteiger partial charge is 0.466 e. The number of carbonyl (C=O) groups is 2. The minimum Gasteiger partial charge on any atom is -0.466 e.